The number of nitrogens with zero attached hydrogens (tertiary/aromatic N) is 1. The molecule has 5 nitrogen and oxygen atoms in total. The van der Waals surface area contributed by atoms with Gasteiger partial charge in [-0.05, 0) is 29.8 Å². The molecule has 0 atom stereocenters. The summed E-state index contributed by atoms with van der Waals surface area (Å²) in [6.45, 7) is 0. The fourth-order valence-electron chi connectivity index (χ4n) is 2.68. The van der Waals surface area contributed by atoms with E-state index < -0.39 is 5.56 Å². The number of ether oxygens (including phenoxy) is 2. The summed E-state index contributed by atoms with van der Waals surface area (Å²) in [5.41, 5.74) is 2.44. The van der Waals surface area contributed by atoms with Gasteiger partial charge in [0.2, 0.25) is 0 Å². The lowest BCUT2D eigenvalue weighted by Crippen LogP contribution is -2.12. The van der Waals surface area contributed by atoms with Crippen LogP contribution in [0.4, 0.5) is 0 Å². The van der Waals surface area contributed by atoms with Gasteiger partial charge in [-0.25, -0.2) is 0 Å². The van der Waals surface area contributed by atoms with Gasteiger partial charge in [-0.15, -0.1) is 0 Å². The Hall–Kier alpha value is -3.52. The van der Waals surface area contributed by atoms with Gasteiger partial charge in [0.25, 0.3) is 5.56 Å². The highest BCUT2D eigenvalue weighted by Gasteiger charge is 2.13. The Morgan fingerprint density at radius 1 is 0.920 bits per heavy atom. The number of H-pyrrole nitrogens is 1. The van der Waals surface area contributed by atoms with Crippen LogP contribution in [0.1, 0.15) is 5.56 Å². The van der Waals surface area contributed by atoms with Crippen molar-refractivity contribution in [1.82, 2.24) is 4.98 Å². The molecule has 0 saturated carbocycles. The van der Waals surface area contributed by atoms with Gasteiger partial charge in [0.05, 0.1) is 14.2 Å². The van der Waals surface area contributed by atoms with Gasteiger partial charge in [-0.2, -0.15) is 5.26 Å². The first kappa shape index (κ1) is 16.3. The number of aromatic amines is 1. The molecule has 1 N–H and O–H groups in total. The molecule has 0 saturated heterocycles. The fourth-order valence-corrected chi connectivity index (χ4v) is 2.68. The SMILES string of the molecule is COc1ccc(-c2cc(-c3ccccc3)c(C#N)c(=O)[nH]2)cc1OC. The highest BCUT2D eigenvalue weighted by atomic mass is 16.5. The zero-order valence-corrected chi connectivity index (χ0v) is 13.9. The summed E-state index contributed by atoms with van der Waals surface area (Å²) in [5.74, 6) is 1.16. The third-order valence-electron chi connectivity index (χ3n) is 3.92. The molecular formula is C20H16N2O3. The van der Waals surface area contributed by atoms with Crippen molar-refractivity contribution in [2.24, 2.45) is 0 Å². The van der Waals surface area contributed by atoms with Gasteiger partial charge in [0.15, 0.2) is 11.5 Å². The number of hydrogen-bond donors (Lipinski definition) is 1. The Kier molecular flexibility index (Phi) is 4.53. The minimum Gasteiger partial charge on any atom is -0.493 e. The van der Waals surface area contributed by atoms with E-state index in [1.807, 2.05) is 42.5 Å². The lowest BCUT2D eigenvalue weighted by Gasteiger charge is -2.11. The first-order valence-electron chi connectivity index (χ1n) is 7.63. The molecule has 124 valence electrons. The monoisotopic (exact) mass is 332 g/mol. The molecule has 0 aliphatic heterocycles. The number of rotatable bonds is 4. The zero-order chi connectivity index (χ0) is 17.8. The molecule has 25 heavy (non-hydrogen) atoms. The molecule has 0 bridgehead atoms. The summed E-state index contributed by atoms with van der Waals surface area (Å²) in [4.78, 5) is 15.1. The molecule has 1 heterocycles. The summed E-state index contributed by atoms with van der Waals surface area (Å²) < 4.78 is 10.6. The zero-order valence-electron chi connectivity index (χ0n) is 13.9. The molecule has 0 unspecified atom stereocenters. The minimum atomic E-state index is -0.423. The van der Waals surface area contributed by atoms with E-state index in [-0.39, 0.29) is 5.56 Å². The average Bonchev–Trinajstić information content (AvgIpc) is 2.67. The lowest BCUT2D eigenvalue weighted by atomic mass is 9.99. The second kappa shape index (κ2) is 6.93. The number of aromatic nitrogens is 1. The number of methoxy groups -OCH3 is 2. The quantitative estimate of drug-likeness (QED) is 0.792. The van der Waals surface area contributed by atoms with E-state index in [1.165, 1.54) is 0 Å². The normalized spacial score (nSPS) is 10.1. The van der Waals surface area contributed by atoms with Crippen molar-refractivity contribution in [3.05, 3.63) is 70.5 Å². The molecule has 0 fully saturated rings. The first-order chi connectivity index (χ1) is 12.2. The van der Waals surface area contributed by atoms with Gasteiger partial charge in [-0.3, -0.25) is 4.79 Å². The Morgan fingerprint density at radius 2 is 1.64 bits per heavy atom. The highest BCUT2D eigenvalue weighted by molar-refractivity contribution is 5.75. The van der Waals surface area contributed by atoms with Crippen molar-refractivity contribution in [3.8, 4) is 40.0 Å². The Labute approximate surface area is 145 Å². The third kappa shape index (κ3) is 3.10. The number of benzene rings is 2. The van der Waals surface area contributed by atoms with Crippen molar-refractivity contribution in [3.63, 3.8) is 0 Å². The minimum absolute atomic E-state index is 0.0930. The smallest absolute Gasteiger partial charge is 0.266 e. The van der Waals surface area contributed by atoms with Crippen LogP contribution in [-0.2, 0) is 0 Å². The van der Waals surface area contributed by atoms with Crippen molar-refractivity contribution < 1.29 is 9.47 Å². The molecule has 3 aromatic rings. The summed E-state index contributed by atoms with van der Waals surface area (Å²) in [5, 5.41) is 9.37. The molecular weight excluding hydrogens is 316 g/mol. The van der Waals surface area contributed by atoms with Crippen molar-refractivity contribution >= 4 is 0 Å². The summed E-state index contributed by atoms with van der Waals surface area (Å²) in [6, 6.07) is 18.5. The van der Waals surface area contributed by atoms with E-state index in [1.54, 1.807) is 32.4 Å². The van der Waals surface area contributed by atoms with Crippen LogP contribution in [0.15, 0.2) is 59.4 Å². The van der Waals surface area contributed by atoms with Crippen molar-refractivity contribution in [2.75, 3.05) is 14.2 Å². The topological polar surface area (TPSA) is 75.1 Å². The van der Waals surface area contributed by atoms with Gasteiger partial charge < -0.3 is 14.5 Å². The molecule has 0 aliphatic carbocycles. The predicted molar refractivity (Wildman–Crippen MR) is 95.8 cm³/mol. The van der Waals surface area contributed by atoms with Crippen LogP contribution in [0, 0.1) is 11.3 Å². The van der Waals surface area contributed by atoms with Gasteiger partial charge in [-0.1, -0.05) is 30.3 Å². The van der Waals surface area contributed by atoms with Crippen molar-refractivity contribution in [1.29, 1.82) is 5.26 Å². The predicted octanol–water partition coefficient (Wildman–Crippen LogP) is 3.60. The van der Waals surface area contributed by atoms with Crippen LogP contribution in [0.2, 0.25) is 0 Å². The number of nitrogens with one attached hydrogen (secondary N) is 1. The first-order valence-corrected chi connectivity index (χ1v) is 7.63. The van der Waals surface area contributed by atoms with E-state index in [9.17, 15) is 10.1 Å². The largest absolute Gasteiger partial charge is 0.493 e. The van der Waals surface area contributed by atoms with Crippen LogP contribution in [0.3, 0.4) is 0 Å². The van der Waals surface area contributed by atoms with Crippen LogP contribution in [0.5, 0.6) is 11.5 Å². The second-order valence-corrected chi connectivity index (χ2v) is 5.35. The van der Waals surface area contributed by atoms with Crippen LogP contribution in [-0.4, -0.2) is 19.2 Å². The molecule has 0 radical (unpaired) electrons. The molecule has 5 heteroatoms. The summed E-state index contributed by atoms with van der Waals surface area (Å²) in [7, 11) is 3.12. The fraction of sp³-hybridized carbons (Fsp3) is 0.100. The molecule has 1 aromatic heterocycles. The maximum atomic E-state index is 12.4. The standard InChI is InChI=1S/C20H16N2O3/c1-24-18-9-8-14(10-19(18)25-2)17-11-15(13-6-4-3-5-7-13)16(12-21)20(23)22-17/h3-11H,1-2H3,(H,22,23). The second-order valence-electron chi connectivity index (χ2n) is 5.35. The molecule has 0 aliphatic rings. The molecule has 0 spiro atoms. The van der Waals surface area contributed by atoms with Crippen LogP contribution in [0.25, 0.3) is 22.4 Å². The van der Waals surface area contributed by atoms with E-state index in [0.717, 1.165) is 11.1 Å². The van der Waals surface area contributed by atoms with Crippen LogP contribution >= 0.6 is 0 Å². The summed E-state index contributed by atoms with van der Waals surface area (Å²) in [6.07, 6.45) is 0. The number of nitriles is 1. The van der Waals surface area contributed by atoms with Gasteiger partial charge in [0, 0.05) is 16.8 Å². The highest BCUT2D eigenvalue weighted by Crippen LogP contribution is 2.33. The molecule has 2 aromatic carbocycles. The van der Waals surface area contributed by atoms with E-state index in [4.69, 9.17) is 9.47 Å². The maximum absolute atomic E-state index is 12.4. The number of hydrogen-bond acceptors (Lipinski definition) is 4. The van der Waals surface area contributed by atoms with Crippen molar-refractivity contribution in [2.45, 2.75) is 0 Å². The summed E-state index contributed by atoms with van der Waals surface area (Å²) >= 11 is 0. The molecule has 0 amide bonds. The molecule has 3 rings (SSSR count). The van der Waals surface area contributed by atoms with E-state index in [0.29, 0.717) is 22.8 Å². The van der Waals surface area contributed by atoms with Gasteiger partial charge >= 0.3 is 0 Å². The number of pyridine rings is 1. The lowest BCUT2D eigenvalue weighted by molar-refractivity contribution is 0.355. The van der Waals surface area contributed by atoms with E-state index in [2.05, 4.69) is 4.98 Å². The average molecular weight is 332 g/mol. The Morgan fingerprint density at radius 3 is 2.28 bits per heavy atom. The van der Waals surface area contributed by atoms with Crippen LogP contribution < -0.4 is 15.0 Å². The van der Waals surface area contributed by atoms with Gasteiger partial charge in [0.1, 0.15) is 11.6 Å². The van der Waals surface area contributed by atoms with E-state index >= 15 is 0 Å². The maximum Gasteiger partial charge on any atom is 0.266 e. The Balaban J connectivity index is 2.21. The Bertz CT molecular complexity index is 1000. The third-order valence-corrected chi connectivity index (χ3v) is 3.92.